The summed E-state index contributed by atoms with van der Waals surface area (Å²) < 4.78 is 5.52. The second-order valence-electron chi connectivity index (χ2n) is 4.78. The molecule has 1 rings (SSSR count). The lowest BCUT2D eigenvalue weighted by Gasteiger charge is -2.10. The minimum Gasteiger partial charge on any atom is -0.389 e. The molecular formula is C14H21ClN2OS. The molecule has 0 aliphatic heterocycles. The first-order valence-electron chi connectivity index (χ1n) is 6.41. The molecule has 0 heterocycles. The summed E-state index contributed by atoms with van der Waals surface area (Å²) >= 11 is 11.0. The van der Waals surface area contributed by atoms with Gasteiger partial charge in [0.1, 0.15) is 4.99 Å². The highest BCUT2D eigenvalue weighted by atomic mass is 35.5. The van der Waals surface area contributed by atoms with E-state index in [4.69, 9.17) is 34.3 Å². The molecule has 0 saturated carbocycles. The summed E-state index contributed by atoms with van der Waals surface area (Å²) in [5.41, 5.74) is 7.20. The molecule has 0 aliphatic rings. The van der Waals surface area contributed by atoms with Crippen molar-refractivity contribution in [3.8, 4) is 0 Å². The second kappa shape index (κ2) is 8.35. The van der Waals surface area contributed by atoms with Gasteiger partial charge in [0.05, 0.1) is 11.6 Å². The van der Waals surface area contributed by atoms with Gasteiger partial charge in [-0.25, -0.2) is 0 Å². The van der Waals surface area contributed by atoms with Gasteiger partial charge >= 0.3 is 0 Å². The first kappa shape index (κ1) is 16.2. The molecule has 5 heteroatoms. The van der Waals surface area contributed by atoms with E-state index < -0.39 is 0 Å². The first-order valence-corrected chi connectivity index (χ1v) is 7.20. The first-order chi connectivity index (χ1) is 9.00. The molecule has 0 bridgehead atoms. The normalized spacial score (nSPS) is 10.7. The number of thiocarbonyl (C=S) groups is 1. The Labute approximate surface area is 125 Å². The minimum atomic E-state index is 0.313. The molecule has 0 amide bonds. The lowest BCUT2D eigenvalue weighted by Crippen LogP contribution is -2.12. The quantitative estimate of drug-likeness (QED) is 0.570. The van der Waals surface area contributed by atoms with Gasteiger partial charge in [-0.3, -0.25) is 0 Å². The van der Waals surface area contributed by atoms with Crippen molar-refractivity contribution in [2.75, 3.05) is 25.1 Å². The van der Waals surface area contributed by atoms with Crippen molar-refractivity contribution in [2.24, 2.45) is 11.7 Å². The van der Waals surface area contributed by atoms with Gasteiger partial charge in [0, 0.05) is 24.4 Å². The minimum absolute atomic E-state index is 0.313. The molecule has 0 radical (unpaired) electrons. The van der Waals surface area contributed by atoms with E-state index in [1.165, 1.54) is 0 Å². The summed E-state index contributed by atoms with van der Waals surface area (Å²) in [6.07, 6.45) is 1.09. The number of benzene rings is 1. The van der Waals surface area contributed by atoms with Gasteiger partial charge in [0.2, 0.25) is 0 Å². The summed E-state index contributed by atoms with van der Waals surface area (Å²) in [7, 11) is 0. The van der Waals surface area contributed by atoms with E-state index in [-0.39, 0.29) is 0 Å². The van der Waals surface area contributed by atoms with Crippen molar-refractivity contribution in [3.05, 3.63) is 28.8 Å². The van der Waals surface area contributed by atoms with Crippen molar-refractivity contribution in [1.82, 2.24) is 0 Å². The highest BCUT2D eigenvalue weighted by molar-refractivity contribution is 7.80. The van der Waals surface area contributed by atoms with E-state index in [9.17, 15) is 0 Å². The van der Waals surface area contributed by atoms with Gasteiger partial charge < -0.3 is 15.8 Å². The maximum absolute atomic E-state index is 6.08. The maximum Gasteiger partial charge on any atom is 0.105 e. The number of nitrogens with one attached hydrogen (secondary N) is 1. The summed E-state index contributed by atoms with van der Waals surface area (Å²) in [5, 5.41) is 3.81. The smallest absolute Gasteiger partial charge is 0.105 e. The largest absolute Gasteiger partial charge is 0.389 e. The summed E-state index contributed by atoms with van der Waals surface area (Å²) in [4.78, 5) is 0.313. The van der Waals surface area contributed by atoms with E-state index in [1.54, 1.807) is 0 Å². The number of nitrogens with two attached hydrogens (primary N) is 1. The summed E-state index contributed by atoms with van der Waals surface area (Å²) in [6.45, 7) is 6.61. The van der Waals surface area contributed by atoms with Crippen LogP contribution >= 0.6 is 23.8 Å². The second-order valence-corrected chi connectivity index (χ2v) is 5.63. The molecule has 0 spiro atoms. The lowest BCUT2D eigenvalue weighted by atomic mass is 10.1. The lowest BCUT2D eigenvalue weighted by molar-refractivity contribution is 0.132. The predicted octanol–water partition coefficient (Wildman–Crippen LogP) is 3.45. The zero-order valence-electron chi connectivity index (χ0n) is 11.4. The number of ether oxygens (including phenoxy) is 1. The Morgan fingerprint density at radius 2 is 2.16 bits per heavy atom. The Bertz CT molecular complexity index is 424. The van der Waals surface area contributed by atoms with Crippen LogP contribution in [0.4, 0.5) is 5.69 Å². The number of rotatable bonds is 8. The third-order valence-corrected chi connectivity index (χ3v) is 3.18. The van der Waals surface area contributed by atoms with Crippen LogP contribution in [0.1, 0.15) is 25.8 Å². The Morgan fingerprint density at radius 3 is 2.74 bits per heavy atom. The van der Waals surface area contributed by atoms with Gasteiger partial charge in [0.15, 0.2) is 0 Å². The molecule has 0 saturated heterocycles. The van der Waals surface area contributed by atoms with Crippen LogP contribution in [0.3, 0.4) is 0 Å². The zero-order chi connectivity index (χ0) is 14.3. The zero-order valence-corrected chi connectivity index (χ0v) is 13.0. The fraction of sp³-hybridized carbons (Fsp3) is 0.500. The van der Waals surface area contributed by atoms with E-state index in [1.807, 2.05) is 18.2 Å². The molecule has 0 fully saturated rings. The number of hydrogen-bond acceptors (Lipinski definition) is 3. The molecule has 3 nitrogen and oxygen atoms in total. The number of halogens is 1. The highest BCUT2D eigenvalue weighted by Gasteiger charge is 2.03. The molecule has 0 aromatic heterocycles. The van der Waals surface area contributed by atoms with E-state index in [0.717, 1.165) is 25.3 Å². The van der Waals surface area contributed by atoms with Crippen LogP contribution < -0.4 is 11.1 Å². The maximum atomic E-state index is 6.08. The Morgan fingerprint density at radius 1 is 1.42 bits per heavy atom. The Balaban J connectivity index is 2.30. The third kappa shape index (κ3) is 6.23. The number of anilines is 1. The van der Waals surface area contributed by atoms with Crippen LogP contribution in [0, 0.1) is 5.92 Å². The Kier molecular flexibility index (Phi) is 7.13. The van der Waals surface area contributed by atoms with Crippen LogP contribution in [0.15, 0.2) is 18.2 Å². The molecule has 0 atom stereocenters. The van der Waals surface area contributed by atoms with Crippen LogP contribution in [-0.2, 0) is 4.74 Å². The Hall–Kier alpha value is -0.840. The van der Waals surface area contributed by atoms with Crippen LogP contribution in [0.25, 0.3) is 0 Å². The molecular weight excluding hydrogens is 280 g/mol. The molecule has 1 aromatic carbocycles. The monoisotopic (exact) mass is 300 g/mol. The topological polar surface area (TPSA) is 47.3 Å². The van der Waals surface area contributed by atoms with Gasteiger partial charge in [0.25, 0.3) is 0 Å². The van der Waals surface area contributed by atoms with E-state index in [2.05, 4.69) is 19.2 Å². The number of hydrogen-bond donors (Lipinski definition) is 2. The summed E-state index contributed by atoms with van der Waals surface area (Å²) in [6, 6.07) is 5.56. The standard InChI is InChI=1S/C14H21ClN2OS/c1-10(2)5-7-18-8-6-17-11-3-4-12(14(16)19)13(15)9-11/h3-4,9-10,17H,5-8H2,1-2H3,(H2,16,19). The van der Waals surface area contributed by atoms with Crippen molar-refractivity contribution in [2.45, 2.75) is 20.3 Å². The molecule has 106 valence electrons. The molecule has 1 aromatic rings. The van der Waals surface area contributed by atoms with Crippen molar-refractivity contribution >= 4 is 34.5 Å². The van der Waals surface area contributed by atoms with Gasteiger partial charge in [-0.05, 0) is 30.5 Å². The van der Waals surface area contributed by atoms with Gasteiger partial charge in [-0.1, -0.05) is 37.7 Å². The fourth-order valence-corrected chi connectivity index (χ4v) is 2.03. The van der Waals surface area contributed by atoms with Crippen LogP contribution in [0.2, 0.25) is 5.02 Å². The molecule has 19 heavy (non-hydrogen) atoms. The SMILES string of the molecule is CC(C)CCOCCNc1ccc(C(N)=S)c(Cl)c1. The fourth-order valence-electron chi connectivity index (χ4n) is 1.51. The summed E-state index contributed by atoms with van der Waals surface area (Å²) in [5.74, 6) is 0.680. The average molecular weight is 301 g/mol. The van der Waals surface area contributed by atoms with E-state index >= 15 is 0 Å². The molecule has 0 aliphatic carbocycles. The van der Waals surface area contributed by atoms with Gasteiger partial charge in [-0.15, -0.1) is 0 Å². The van der Waals surface area contributed by atoms with Crippen molar-refractivity contribution < 1.29 is 4.74 Å². The molecule has 3 N–H and O–H groups in total. The third-order valence-electron chi connectivity index (χ3n) is 2.65. The van der Waals surface area contributed by atoms with E-state index in [0.29, 0.717) is 28.1 Å². The van der Waals surface area contributed by atoms with Crippen molar-refractivity contribution in [1.29, 1.82) is 0 Å². The molecule has 0 unspecified atom stereocenters. The highest BCUT2D eigenvalue weighted by Crippen LogP contribution is 2.20. The van der Waals surface area contributed by atoms with Crippen LogP contribution in [0.5, 0.6) is 0 Å². The van der Waals surface area contributed by atoms with Crippen LogP contribution in [-0.4, -0.2) is 24.7 Å². The van der Waals surface area contributed by atoms with Crippen molar-refractivity contribution in [3.63, 3.8) is 0 Å². The predicted molar refractivity (Wildman–Crippen MR) is 86.1 cm³/mol. The average Bonchev–Trinajstić information content (AvgIpc) is 2.32. The van der Waals surface area contributed by atoms with Gasteiger partial charge in [-0.2, -0.15) is 0 Å².